The van der Waals surface area contributed by atoms with Gasteiger partial charge in [0, 0.05) is 5.92 Å². The average Bonchev–Trinajstić information content (AvgIpc) is 3.22. The van der Waals surface area contributed by atoms with Crippen molar-refractivity contribution in [3.63, 3.8) is 0 Å². The molecule has 0 aliphatic heterocycles. The number of hydrogen-bond donors (Lipinski definition) is 2. The molecule has 31 heavy (non-hydrogen) atoms. The molecular formula is C20H13F6NO3S. The number of halogens is 6. The Kier molecular flexibility index (Phi) is 5.03. The van der Waals surface area contributed by atoms with Crippen LogP contribution < -0.4 is 9.61 Å². The summed E-state index contributed by atoms with van der Waals surface area (Å²) >= 11 is 0.881. The van der Waals surface area contributed by atoms with Gasteiger partial charge in [-0.05, 0) is 54.3 Å². The molecule has 0 spiro atoms. The molecule has 0 saturated carbocycles. The quantitative estimate of drug-likeness (QED) is 0.467. The third-order valence-corrected chi connectivity index (χ3v) is 5.99. The van der Waals surface area contributed by atoms with Gasteiger partial charge < -0.3 is 9.84 Å². The third kappa shape index (κ3) is 4.14. The monoisotopic (exact) mass is 461 g/mol. The Morgan fingerprint density at radius 1 is 1.03 bits per heavy atom. The zero-order valence-electron chi connectivity index (χ0n) is 15.4. The van der Waals surface area contributed by atoms with Gasteiger partial charge in [0.05, 0.1) is 16.0 Å². The molecule has 1 aliphatic carbocycles. The van der Waals surface area contributed by atoms with Crippen LogP contribution in [0.4, 0.5) is 26.3 Å². The predicted molar refractivity (Wildman–Crippen MR) is 99.7 cm³/mol. The van der Waals surface area contributed by atoms with Crippen LogP contribution in [-0.2, 0) is 18.8 Å². The third-order valence-electron chi connectivity index (χ3n) is 5.01. The second-order valence-corrected chi connectivity index (χ2v) is 8.00. The van der Waals surface area contributed by atoms with Crippen LogP contribution >= 0.6 is 11.3 Å². The number of H-pyrrole nitrogens is 1. The lowest BCUT2D eigenvalue weighted by Gasteiger charge is -2.17. The number of thiazole rings is 1. The van der Waals surface area contributed by atoms with Crippen molar-refractivity contribution < 1.29 is 36.2 Å². The normalized spacial score (nSPS) is 16.4. The minimum atomic E-state index is -5.04. The minimum absolute atomic E-state index is 0.0231. The molecule has 2 aromatic carbocycles. The van der Waals surface area contributed by atoms with Crippen molar-refractivity contribution in [1.82, 2.24) is 4.98 Å². The summed E-state index contributed by atoms with van der Waals surface area (Å²) in [6, 6.07) is 5.74. The van der Waals surface area contributed by atoms with Crippen LogP contribution in [0, 0.1) is 0 Å². The Hall–Kier alpha value is -2.95. The van der Waals surface area contributed by atoms with Crippen LogP contribution in [-0.4, -0.2) is 10.1 Å². The van der Waals surface area contributed by atoms with E-state index in [1.165, 1.54) is 12.1 Å². The number of rotatable bonds is 3. The number of nitrogens with one attached hydrogen (secondary N) is 1. The summed E-state index contributed by atoms with van der Waals surface area (Å²) in [5.74, 6) is -1.16. The second kappa shape index (κ2) is 7.33. The van der Waals surface area contributed by atoms with E-state index in [0.717, 1.165) is 22.5 Å². The van der Waals surface area contributed by atoms with E-state index in [4.69, 9.17) is 4.74 Å². The predicted octanol–water partition coefficient (Wildman–Crippen LogP) is 6.05. The van der Waals surface area contributed by atoms with Crippen molar-refractivity contribution >= 4 is 11.3 Å². The van der Waals surface area contributed by atoms with Gasteiger partial charge in [0.1, 0.15) is 11.5 Å². The molecule has 1 aromatic heterocycles. The lowest BCUT2D eigenvalue weighted by molar-refractivity contribution is -0.143. The summed E-state index contributed by atoms with van der Waals surface area (Å²) in [5, 5.41) is 9.90. The molecule has 0 saturated heterocycles. The van der Waals surface area contributed by atoms with E-state index in [1.54, 1.807) is 6.07 Å². The molecule has 1 aliphatic rings. The lowest BCUT2D eigenvalue weighted by Crippen LogP contribution is -2.11. The molecule has 2 N–H and O–H groups in total. The zero-order chi connectivity index (χ0) is 22.6. The number of aromatic nitrogens is 1. The van der Waals surface area contributed by atoms with E-state index in [-0.39, 0.29) is 23.6 Å². The van der Waals surface area contributed by atoms with E-state index in [1.807, 2.05) is 0 Å². The van der Waals surface area contributed by atoms with Crippen molar-refractivity contribution in [2.75, 3.05) is 0 Å². The van der Waals surface area contributed by atoms with Crippen LogP contribution in [0.1, 0.15) is 39.5 Å². The fourth-order valence-electron chi connectivity index (χ4n) is 3.64. The molecule has 0 radical (unpaired) electrons. The van der Waals surface area contributed by atoms with Crippen LogP contribution in [0.2, 0.25) is 0 Å². The first-order valence-electron chi connectivity index (χ1n) is 8.94. The molecule has 164 valence electrons. The molecule has 0 amide bonds. The topological polar surface area (TPSA) is 62.3 Å². The van der Waals surface area contributed by atoms with Gasteiger partial charge in [0.15, 0.2) is 0 Å². The highest BCUT2D eigenvalue weighted by atomic mass is 32.1. The van der Waals surface area contributed by atoms with E-state index >= 15 is 0 Å². The minimum Gasteiger partial charge on any atom is -0.494 e. The first-order chi connectivity index (χ1) is 14.4. The maximum atomic E-state index is 13.3. The summed E-state index contributed by atoms with van der Waals surface area (Å²) in [4.78, 5) is 13.8. The van der Waals surface area contributed by atoms with Gasteiger partial charge in [-0.2, -0.15) is 26.3 Å². The smallest absolute Gasteiger partial charge is 0.420 e. The summed E-state index contributed by atoms with van der Waals surface area (Å²) in [6.45, 7) is 0. The molecule has 4 nitrogen and oxygen atoms in total. The first kappa shape index (κ1) is 21.3. The highest BCUT2D eigenvalue weighted by molar-refractivity contribution is 7.09. The maximum absolute atomic E-state index is 13.3. The van der Waals surface area contributed by atoms with Crippen molar-refractivity contribution in [2.24, 2.45) is 0 Å². The van der Waals surface area contributed by atoms with Crippen LogP contribution in [0.5, 0.6) is 17.4 Å². The van der Waals surface area contributed by atoms with Gasteiger partial charge in [-0.25, -0.2) is 0 Å². The molecule has 0 fully saturated rings. The maximum Gasteiger partial charge on any atom is 0.420 e. The Morgan fingerprint density at radius 2 is 1.77 bits per heavy atom. The molecule has 0 bridgehead atoms. The molecule has 3 aromatic rings. The van der Waals surface area contributed by atoms with Crippen LogP contribution in [0.3, 0.4) is 0 Å². The number of benzene rings is 2. The number of aryl methyl sites for hydroxylation is 1. The molecule has 1 heterocycles. The summed E-state index contributed by atoms with van der Waals surface area (Å²) in [6.07, 6.45) is -8.85. The Labute approximate surface area is 174 Å². The van der Waals surface area contributed by atoms with Gasteiger partial charge in [-0.1, -0.05) is 17.4 Å². The molecule has 4 rings (SSSR count). The number of hydrogen-bond acceptors (Lipinski definition) is 4. The highest BCUT2D eigenvalue weighted by Gasteiger charge is 2.39. The Morgan fingerprint density at radius 3 is 2.39 bits per heavy atom. The SMILES string of the molecule is O=c1[nH]c(O)c([C@@H]2CCc3cc(Oc4ccc(C(F)(F)F)cc4C(F)(F)F)ccc32)s1. The number of aromatic hydroxyl groups is 1. The number of aromatic amines is 1. The first-order valence-corrected chi connectivity index (χ1v) is 9.76. The fourth-order valence-corrected chi connectivity index (χ4v) is 4.52. The standard InChI is InChI=1S/C20H13F6NO3S/c21-19(22,23)10-2-6-15(14(8-10)20(24,25)26)30-11-3-5-12-9(7-11)1-4-13(12)16-17(28)27-18(29)31-16/h2-3,5-8,13,28H,1,4H2,(H,27,29)/t13-/m1/s1. The van der Waals surface area contributed by atoms with Gasteiger partial charge in [0.2, 0.25) is 5.88 Å². The number of fused-ring (bicyclic) bond motifs is 1. The fraction of sp³-hybridized carbons (Fsp3) is 0.250. The van der Waals surface area contributed by atoms with Gasteiger partial charge in [0.25, 0.3) is 0 Å². The van der Waals surface area contributed by atoms with Gasteiger partial charge >= 0.3 is 17.2 Å². The molecule has 1 atom stereocenters. The lowest BCUT2D eigenvalue weighted by atomic mass is 10.00. The van der Waals surface area contributed by atoms with Crippen molar-refractivity contribution in [3.8, 4) is 17.4 Å². The summed E-state index contributed by atoms with van der Waals surface area (Å²) in [5.41, 5.74) is -1.40. The van der Waals surface area contributed by atoms with Gasteiger partial charge in [-0.3, -0.25) is 9.78 Å². The molecular weight excluding hydrogens is 448 g/mol. The van der Waals surface area contributed by atoms with E-state index in [9.17, 15) is 36.2 Å². The summed E-state index contributed by atoms with van der Waals surface area (Å²) in [7, 11) is 0. The zero-order valence-corrected chi connectivity index (χ0v) is 16.2. The largest absolute Gasteiger partial charge is 0.494 e. The number of ether oxygens (including phenoxy) is 1. The van der Waals surface area contributed by atoms with Gasteiger partial charge in [-0.15, -0.1) is 0 Å². The van der Waals surface area contributed by atoms with Crippen LogP contribution in [0.15, 0.2) is 41.2 Å². The van der Waals surface area contributed by atoms with Crippen molar-refractivity contribution in [3.05, 3.63) is 73.2 Å². The van der Waals surface area contributed by atoms with Crippen LogP contribution in [0.25, 0.3) is 0 Å². The van der Waals surface area contributed by atoms with E-state index in [0.29, 0.717) is 29.9 Å². The Bertz CT molecular complexity index is 1190. The average molecular weight is 461 g/mol. The Balaban J connectivity index is 1.66. The molecule has 0 unspecified atom stereocenters. The highest BCUT2D eigenvalue weighted by Crippen LogP contribution is 2.45. The van der Waals surface area contributed by atoms with Crippen molar-refractivity contribution in [2.45, 2.75) is 31.1 Å². The summed E-state index contributed by atoms with van der Waals surface area (Å²) < 4.78 is 83.7. The van der Waals surface area contributed by atoms with E-state index in [2.05, 4.69) is 4.98 Å². The number of alkyl halides is 6. The molecule has 11 heteroatoms. The van der Waals surface area contributed by atoms with Crippen molar-refractivity contribution in [1.29, 1.82) is 0 Å². The second-order valence-electron chi connectivity index (χ2n) is 6.99. The van der Waals surface area contributed by atoms with E-state index < -0.39 is 34.1 Å².